The van der Waals surface area contributed by atoms with Crippen LogP contribution in [-0.2, 0) is 6.54 Å². The fourth-order valence-corrected chi connectivity index (χ4v) is 2.70. The van der Waals surface area contributed by atoms with E-state index in [1.165, 1.54) is 25.9 Å². The second kappa shape index (κ2) is 5.46. The van der Waals surface area contributed by atoms with E-state index < -0.39 is 0 Å². The van der Waals surface area contributed by atoms with Crippen LogP contribution in [0.1, 0.15) is 28.8 Å². The first-order valence-corrected chi connectivity index (χ1v) is 6.90. The number of amides is 1. The van der Waals surface area contributed by atoms with Gasteiger partial charge in [0.1, 0.15) is 0 Å². The molecule has 3 nitrogen and oxygen atoms in total. The summed E-state index contributed by atoms with van der Waals surface area (Å²) < 4.78 is 0. The molecule has 98 valence electrons. The van der Waals surface area contributed by atoms with Crippen molar-refractivity contribution in [3.63, 3.8) is 0 Å². The molecule has 1 fully saturated rings. The number of likely N-dealkylation sites (tertiary alicyclic amines) is 1. The highest BCUT2D eigenvalue weighted by Gasteiger charge is 2.25. The van der Waals surface area contributed by atoms with Gasteiger partial charge < -0.3 is 4.90 Å². The Bertz CT molecular complexity index is 535. The van der Waals surface area contributed by atoms with Crippen molar-refractivity contribution >= 4 is 5.91 Å². The van der Waals surface area contributed by atoms with E-state index in [0.29, 0.717) is 13.1 Å². The highest BCUT2D eigenvalue weighted by Crippen LogP contribution is 2.21. The molecule has 1 amide bonds. The second-order valence-electron chi connectivity index (χ2n) is 5.16. The number of rotatable bonds is 2. The molecule has 2 aliphatic rings. The highest BCUT2D eigenvalue weighted by atomic mass is 16.2. The van der Waals surface area contributed by atoms with E-state index in [2.05, 4.69) is 16.7 Å². The Hall–Kier alpha value is -1.79. The molecule has 0 N–H and O–H groups in total. The van der Waals surface area contributed by atoms with E-state index in [4.69, 9.17) is 0 Å². The van der Waals surface area contributed by atoms with E-state index in [9.17, 15) is 4.79 Å². The van der Waals surface area contributed by atoms with Gasteiger partial charge in [-0.05, 0) is 37.6 Å². The Morgan fingerprint density at radius 3 is 2.58 bits per heavy atom. The molecule has 0 aromatic heterocycles. The highest BCUT2D eigenvalue weighted by molar-refractivity contribution is 5.98. The first-order chi connectivity index (χ1) is 9.34. The van der Waals surface area contributed by atoms with Gasteiger partial charge >= 0.3 is 0 Å². The Labute approximate surface area is 114 Å². The molecule has 2 aliphatic heterocycles. The molecule has 0 spiro atoms. The smallest absolute Gasteiger partial charge is 0.255 e. The third kappa shape index (κ3) is 2.64. The number of benzene rings is 1. The van der Waals surface area contributed by atoms with Crippen LogP contribution < -0.4 is 0 Å². The van der Waals surface area contributed by atoms with Gasteiger partial charge in [-0.2, -0.15) is 0 Å². The summed E-state index contributed by atoms with van der Waals surface area (Å²) in [6.07, 6.45) is 2.59. The zero-order valence-corrected chi connectivity index (χ0v) is 11.1. The van der Waals surface area contributed by atoms with Crippen LogP contribution in [0, 0.1) is 11.8 Å². The number of carbonyl (C=O) groups is 1. The lowest BCUT2D eigenvalue weighted by atomic mass is 10.1. The molecule has 1 aromatic rings. The van der Waals surface area contributed by atoms with Crippen LogP contribution >= 0.6 is 0 Å². The van der Waals surface area contributed by atoms with Gasteiger partial charge in [-0.1, -0.05) is 30.0 Å². The molecule has 1 saturated heterocycles. The average molecular weight is 254 g/mol. The summed E-state index contributed by atoms with van der Waals surface area (Å²) in [6.45, 7) is 4.43. The van der Waals surface area contributed by atoms with Crippen molar-refractivity contribution in [2.45, 2.75) is 19.4 Å². The molecule has 3 rings (SSSR count). The summed E-state index contributed by atoms with van der Waals surface area (Å²) in [5, 5.41) is 0. The molecule has 0 bridgehead atoms. The number of nitrogens with zero attached hydrogens (tertiary/aromatic N) is 2. The van der Waals surface area contributed by atoms with E-state index in [1.54, 1.807) is 0 Å². The van der Waals surface area contributed by atoms with Crippen molar-refractivity contribution in [3.05, 3.63) is 35.4 Å². The lowest BCUT2D eigenvalue weighted by Gasteiger charge is -2.11. The van der Waals surface area contributed by atoms with Gasteiger partial charge in [0.15, 0.2) is 0 Å². The lowest BCUT2D eigenvalue weighted by Crippen LogP contribution is -2.24. The molecule has 2 heterocycles. The topological polar surface area (TPSA) is 23.6 Å². The molecule has 0 saturated carbocycles. The first kappa shape index (κ1) is 12.3. The second-order valence-corrected chi connectivity index (χ2v) is 5.16. The van der Waals surface area contributed by atoms with Gasteiger partial charge in [-0.25, -0.2) is 0 Å². The van der Waals surface area contributed by atoms with Crippen molar-refractivity contribution in [3.8, 4) is 11.8 Å². The summed E-state index contributed by atoms with van der Waals surface area (Å²) >= 11 is 0. The van der Waals surface area contributed by atoms with Crippen molar-refractivity contribution in [1.82, 2.24) is 9.80 Å². The van der Waals surface area contributed by atoms with Gasteiger partial charge in [0.25, 0.3) is 5.91 Å². The normalized spacial score (nSPS) is 18.3. The van der Waals surface area contributed by atoms with E-state index in [0.717, 1.165) is 17.7 Å². The summed E-state index contributed by atoms with van der Waals surface area (Å²) in [7, 11) is 0. The van der Waals surface area contributed by atoms with Crippen molar-refractivity contribution in [1.29, 1.82) is 0 Å². The average Bonchev–Trinajstić information content (AvgIpc) is 3.04. The third-order valence-electron chi connectivity index (χ3n) is 3.79. The standard InChI is InChI=1S/C16H18N2O/c19-16-15-8-2-1-7-14(15)13-18(16)12-6-5-11-17-9-3-4-10-17/h1-2,7-8H,3-4,9-13H2. The Morgan fingerprint density at radius 1 is 1.05 bits per heavy atom. The van der Waals surface area contributed by atoms with Gasteiger partial charge in [0.2, 0.25) is 0 Å². The number of carbonyl (C=O) groups excluding carboxylic acids is 1. The van der Waals surface area contributed by atoms with Gasteiger partial charge in [0, 0.05) is 12.1 Å². The summed E-state index contributed by atoms with van der Waals surface area (Å²) in [5.41, 5.74) is 1.96. The maximum absolute atomic E-state index is 12.1. The molecule has 1 aromatic carbocycles. The SMILES string of the molecule is O=C1c2ccccc2CN1CC#CCN1CCCC1. The van der Waals surface area contributed by atoms with E-state index in [1.807, 2.05) is 29.2 Å². The maximum Gasteiger partial charge on any atom is 0.255 e. The Kier molecular flexibility index (Phi) is 3.52. The van der Waals surface area contributed by atoms with Gasteiger partial charge in [0.05, 0.1) is 13.1 Å². The number of hydrogen-bond donors (Lipinski definition) is 0. The van der Waals surface area contributed by atoms with Crippen LogP contribution in [0.4, 0.5) is 0 Å². The van der Waals surface area contributed by atoms with E-state index in [-0.39, 0.29) is 5.91 Å². The van der Waals surface area contributed by atoms with Crippen LogP contribution in [0.25, 0.3) is 0 Å². The molecular weight excluding hydrogens is 236 g/mol. The van der Waals surface area contributed by atoms with Crippen LogP contribution in [0.5, 0.6) is 0 Å². The summed E-state index contributed by atoms with van der Waals surface area (Å²) in [5.74, 6) is 6.43. The zero-order valence-electron chi connectivity index (χ0n) is 11.1. The van der Waals surface area contributed by atoms with Crippen molar-refractivity contribution < 1.29 is 4.79 Å². The molecule has 0 aliphatic carbocycles. The third-order valence-corrected chi connectivity index (χ3v) is 3.79. The molecule has 19 heavy (non-hydrogen) atoms. The largest absolute Gasteiger partial charge is 0.323 e. The zero-order chi connectivity index (χ0) is 13.1. The fraction of sp³-hybridized carbons (Fsp3) is 0.438. The van der Waals surface area contributed by atoms with Gasteiger partial charge in [-0.3, -0.25) is 9.69 Å². The van der Waals surface area contributed by atoms with Crippen LogP contribution in [-0.4, -0.2) is 41.9 Å². The fourth-order valence-electron chi connectivity index (χ4n) is 2.70. The minimum absolute atomic E-state index is 0.117. The number of fused-ring (bicyclic) bond motifs is 1. The summed E-state index contributed by atoms with van der Waals surface area (Å²) in [6, 6.07) is 7.81. The molecular formula is C16H18N2O. The van der Waals surface area contributed by atoms with Crippen molar-refractivity contribution in [2.75, 3.05) is 26.2 Å². The molecule has 0 radical (unpaired) electrons. The Balaban J connectivity index is 1.55. The predicted molar refractivity (Wildman–Crippen MR) is 74.6 cm³/mol. The van der Waals surface area contributed by atoms with Crippen LogP contribution in [0.3, 0.4) is 0 Å². The molecule has 3 heteroatoms. The Morgan fingerprint density at radius 2 is 1.79 bits per heavy atom. The lowest BCUT2D eigenvalue weighted by molar-refractivity contribution is 0.0799. The minimum Gasteiger partial charge on any atom is -0.323 e. The van der Waals surface area contributed by atoms with Gasteiger partial charge in [-0.15, -0.1) is 0 Å². The maximum atomic E-state index is 12.1. The molecule has 0 atom stereocenters. The first-order valence-electron chi connectivity index (χ1n) is 6.90. The van der Waals surface area contributed by atoms with Crippen molar-refractivity contribution in [2.24, 2.45) is 0 Å². The monoisotopic (exact) mass is 254 g/mol. The quantitative estimate of drug-likeness (QED) is 0.751. The predicted octanol–water partition coefficient (Wildman–Crippen LogP) is 1.74. The van der Waals surface area contributed by atoms with Crippen LogP contribution in [0.2, 0.25) is 0 Å². The summed E-state index contributed by atoms with van der Waals surface area (Å²) in [4.78, 5) is 16.3. The van der Waals surface area contributed by atoms with Crippen LogP contribution in [0.15, 0.2) is 24.3 Å². The van der Waals surface area contributed by atoms with E-state index >= 15 is 0 Å². The molecule has 0 unspecified atom stereocenters. The minimum atomic E-state index is 0.117. The number of hydrogen-bond acceptors (Lipinski definition) is 2.